The topological polar surface area (TPSA) is 55.2 Å². The van der Waals surface area contributed by atoms with Crippen molar-refractivity contribution in [1.29, 1.82) is 0 Å². The van der Waals surface area contributed by atoms with Crippen LogP contribution in [0.1, 0.15) is 6.92 Å². The molecule has 0 aliphatic rings. The van der Waals surface area contributed by atoms with Crippen molar-refractivity contribution in [3.63, 3.8) is 0 Å². The predicted molar refractivity (Wildman–Crippen MR) is 98.6 cm³/mol. The first-order valence-electron chi connectivity index (χ1n) is 7.65. The number of fused-ring (bicyclic) bond motifs is 3. The fourth-order valence-electron chi connectivity index (χ4n) is 2.90. The number of aromatic nitrogens is 1. The summed E-state index contributed by atoms with van der Waals surface area (Å²) in [7, 11) is 0. The average Bonchev–Trinajstić information content (AvgIpc) is 2.96. The molecule has 2 aromatic carbocycles. The third-order valence-electron chi connectivity index (χ3n) is 3.94. The van der Waals surface area contributed by atoms with Crippen molar-refractivity contribution < 1.29 is 9.15 Å². The summed E-state index contributed by atoms with van der Waals surface area (Å²) in [5, 5.41) is 1.31. The van der Waals surface area contributed by atoms with E-state index in [4.69, 9.17) is 9.15 Å². The largest absolute Gasteiger partial charge is 0.491 e. The standard InChI is InChI=1S/C19H14BrNO3/c1-2-23-18-15-17(13-5-3-4-6-14(13)24-19(15)22)21-16(18)11-7-9-12(20)10-8-11/h3-10,21H,2H2,1H3. The van der Waals surface area contributed by atoms with E-state index in [1.807, 2.05) is 49.4 Å². The van der Waals surface area contributed by atoms with Crippen LogP contribution in [-0.2, 0) is 0 Å². The highest BCUT2D eigenvalue weighted by molar-refractivity contribution is 9.10. The minimum atomic E-state index is -0.397. The monoisotopic (exact) mass is 383 g/mol. The van der Waals surface area contributed by atoms with Crippen molar-refractivity contribution in [2.75, 3.05) is 6.61 Å². The molecule has 0 saturated carbocycles. The highest BCUT2D eigenvalue weighted by Crippen LogP contribution is 2.38. The maximum absolute atomic E-state index is 12.5. The van der Waals surface area contributed by atoms with Gasteiger partial charge in [0.15, 0.2) is 5.75 Å². The van der Waals surface area contributed by atoms with Crippen molar-refractivity contribution in [3.05, 3.63) is 63.4 Å². The van der Waals surface area contributed by atoms with E-state index >= 15 is 0 Å². The van der Waals surface area contributed by atoms with E-state index in [9.17, 15) is 4.79 Å². The molecule has 4 nitrogen and oxygen atoms in total. The lowest BCUT2D eigenvalue weighted by molar-refractivity contribution is 0.345. The van der Waals surface area contributed by atoms with Crippen LogP contribution in [0.15, 0.2) is 62.2 Å². The molecular formula is C19H14BrNO3. The molecular weight excluding hydrogens is 370 g/mol. The molecule has 0 saturated heterocycles. The second-order valence-electron chi connectivity index (χ2n) is 5.40. The summed E-state index contributed by atoms with van der Waals surface area (Å²) in [6, 6.07) is 15.3. The normalized spacial score (nSPS) is 11.2. The van der Waals surface area contributed by atoms with Crippen molar-refractivity contribution in [2.24, 2.45) is 0 Å². The molecule has 1 N–H and O–H groups in total. The van der Waals surface area contributed by atoms with E-state index in [-0.39, 0.29) is 0 Å². The lowest BCUT2D eigenvalue weighted by Gasteiger charge is -2.05. The average molecular weight is 384 g/mol. The van der Waals surface area contributed by atoms with Gasteiger partial charge in [0.2, 0.25) is 0 Å². The Morgan fingerprint density at radius 1 is 1.12 bits per heavy atom. The maximum atomic E-state index is 12.5. The first-order valence-corrected chi connectivity index (χ1v) is 8.44. The maximum Gasteiger partial charge on any atom is 0.349 e. The van der Waals surface area contributed by atoms with Crippen LogP contribution in [-0.4, -0.2) is 11.6 Å². The minimum absolute atomic E-state index is 0.397. The van der Waals surface area contributed by atoms with Gasteiger partial charge in [-0.15, -0.1) is 0 Å². The van der Waals surface area contributed by atoms with Crippen LogP contribution in [0.2, 0.25) is 0 Å². The summed E-state index contributed by atoms with van der Waals surface area (Å²) in [5.41, 5.74) is 2.63. The zero-order valence-corrected chi connectivity index (χ0v) is 14.5. The smallest absolute Gasteiger partial charge is 0.349 e. The van der Waals surface area contributed by atoms with Crippen LogP contribution in [0.3, 0.4) is 0 Å². The zero-order valence-electron chi connectivity index (χ0n) is 12.9. The molecule has 0 spiro atoms. The summed E-state index contributed by atoms with van der Waals surface area (Å²) in [6.07, 6.45) is 0. The van der Waals surface area contributed by atoms with Crippen molar-refractivity contribution in [2.45, 2.75) is 6.92 Å². The van der Waals surface area contributed by atoms with E-state index in [1.165, 1.54) is 0 Å². The van der Waals surface area contributed by atoms with Gasteiger partial charge in [0, 0.05) is 15.4 Å². The Morgan fingerprint density at radius 3 is 2.62 bits per heavy atom. The van der Waals surface area contributed by atoms with Gasteiger partial charge in [0.05, 0.1) is 17.8 Å². The molecule has 5 heteroatoms. The van der Waals surface area contributed by atoms with Crippen molar-refractivity contribution in [1.82, 2.24) is 4.98 Å². The molecule has 4 rings (SSSR count). The van der Waals surface area contributed by atoms with E-state index in [0.29, 0.717) is 23.3 Å². The summed E-state index contributed by atoms with van der Waals surface area (Å²) < 4.78 is 12.3. The van der Waals surface area contributed by atoms with Gasteiger partial charge in [-0.25, -0.2) is 4.79 Å². The number of hydrogen-bond acceptors (Lipinski definition) is 3. The quantitative estimate of drug-likeness (QED) is 0.500. The van der Waals surface area contributed by atoms with Crippen LogP contribution in [0.4, 0.5) is 0 Å². The second kappa shape index (κ2) is 5.83. The molecule has 120 valence electrons. The number of hydrogen-bond donors (Lipinski definition) is 1. The molecule has 24 heavy (non-hydrogen) atoms. The van der Waals surface area contributed by atoms with Crippen LogP contribution in [0, 0.1) is 0 Å². The lowest BCUT2D eigenvalue weighted by atomic mass is 10.1. The van der Waals surface area contributed by atoms with Crippen LogP contribution in [0.5, 0.6) is 5.75 Å². The van der Waals surface area contributed by atoms with E-state index in [2.05, 4.69) is 20.9 Å². The van der Waals surface area contributed by atoms with Gasteiger partial charge in [0.25, 0.3) is 0 Å². The molecule has 0 aliphatic carbocycles. The van der Waals surface area contributed by atoms with Gasteiger partial charge in [-0.05, 0) is 31.2 Å². The second-order valence-corrected chi connectivity index (χ2v) is 6.32. The van der Waals surface area contributed by atoms with Crippen molar-refractivity contribution in [3.8, 4) is 17.0 Å². The lowest BCUT2D eigenvalue weighted by Crippen LogP contribution is -2.01. The Hall–Kier alpha value is -2.53. The Kier molecular flexibility index (Phi) is 3.65. The van der Waals surface area contributed by atoms with Gasteiger partial charge in [-0.3, -0.25) is 0 Å². The number of halogens is 1. The first-order chi connectivity index (χ1) is 11.7. The molecule has 0 amide bonds. The molecule has 0 unspecified atom stereocenters. The zero-order chi connectivity index (χ0) is 16.7. The van der Waals surface area contributed by atoms with Crippen LogP contribution >= 0.6 is 15.9 Å². The third-order valence-corrected chi connectivity index (χ3v) is 4.47. The molecule has 0 atom stereocenters. The minimum Gasteiger partial charge on any atom is -0.491 e. The summed E-state index contributed by atoms with van der Waals surface area (Å²) in [4.78, 5) is 15.9. The SMILES string of the molecule is CCOc1c(-c2ccc(Br)cc2)[nH]c2c1c(=O)oc1ccccc12. The Labute approximate surface area is 146 Å². The van der Waals surface area contributed by atoms with E-state index in [1.54, 1.807) is 6.07 Å². The van der Waals surface area contributed by atoms with Crippen LogP contribution in [0.25, 0.3) is 33.1 Å². The highest BCUT2D eigenvalue weighted by Gasteiger charge is 2.20. The molecule has 0 aliphatic heterocycles. The number of benzene rings is 2. The number of nitrogens with one attached hydrogen (secondary N) is 1. The summed E-state index contributed by atoms with van der Waals surface area (Å²) in [5.74, 6) is 0.536. The van der Waals surface area contributed by atoms with Gasteiger partial charge >= 0.3 is 5.63 Å². The molecule has 0 radical (unpaired) electrons. The number of para-hydroxylation sites is 1. The van der Waals surface area contributed by atoms with Gasteiger partial charge < -0.3 is 14.1 Å². The summed E-state index contributed by atoms with van der Waals surface area (Å²) in [6.45, 7) is 2.36. The van der Waals surface area contributed by atoms with Gasteiger partial charge in [-0.2, -0.15) is 0 Å². The molecule has 0 fully saturated rings. The number of ether oxygens (including phenoxy) is 1. The number of aromatic amines is 1. The highest BCUT2D eigenvalue weighted by atomic mass is 79.9. The van der Waals surface area contributed by atoms with E-state index < -0.39 is 5.63 Å². The Balaban J connectivity index is 2.12. The van der Waals surface area contributed by atoms with Crippen molar-refractivity contribution >= 4 is 37.8 Å². The first kappa shape index (κ1) is 15.0. The summed E-state index contributed by atoms with van der Waals surface area (Å²) >= 11 is 3.44. The van der Waals surface area contributed by atoms with Gasteiger partial charge in [-0.1, -0.05) is 40.2 Å². The number of rotatable bonds is 3. The number of H-pyrrole nitrogens is 1. The van der Waals surface area contributed by atoms with Gasteiger partial charge in [0.1, 0.15) is 11.0 Å². The fourth-order valence-corrected chi connectivity index (χ4v) is 3.17. The predicted octanol–water partition coefficient (Wildman–Crippen LogP) is 5.10. The van der Waals surface area contributed by atoms with Crippen LogP contribution < -0.4 is 10.4 Å². The Morgan fingerprint density at radius 2 is 1.88 bits per heavy atom. The molecule has 2 heterocycles. The third kappa shape index (κ3) is 2.32. The van der Waals surface area contributed by atoms with E-state index in [0.717, 1.165) is 26.6 Å². The Bertz CT molecular complexity index is 1090. The molecule has 2 aromatic heterocycles. The molecule has 0 bridgehead atoms. The fraction of sp³-hybridized carbons (Fsp3) is 0.105. The molecule has 4 aromatic rings.